The van der Waals surface area contributed by atoms with E-state index in [1.54, 1.807) is 0 Å². The lowest BCUT2D eigenvalue weighted by Crippen LogP contribution is -2.34. The molecule has 2 aromatic carbocycles. The van der Waals surface area contributed by atoms with Gasteiger partial charge in [0.15, 0.2) is 0 Å². The molecule has 30 heavy (non-hydrogen) atoms. The molecular formula is C26H33ClN2O. The van der Waals surface area contributed by atoms with Crippen LogP contribution in [0.15, 0.2) is 42.5 Å². The van der Waals surface area contributed by atoms with Crippen LogP contribution in [0.5, 0.6) is 5.75 Å². The Bertz CT molecular complexity index is 864. The van der Waals surface area contributed by atoms with Crippen molar-refractivity contribution in [3.05, 3.63) is 64.2 Å². The van der Waals surface area contributed by atoms with Crippen molar-refractivity contribution in [1.82, 2.24) is 9.80 Å². The van der Waals surface area contributed by atoms with Crippen LogP contribution in [0.2, 0.25) is 5.02 Å². The first-order chi connectivity index (χ1) is 14.8. The van der Waals surface area contributed by atoms with Gasteiger partial charge in [-0.1, -0.05) is 42.3 Å². The molecule has 2 atom stereocenters. The van der Waals surface area contributed by atoms with E-state index in [1.165, 1.54) is 68.4 Å². The van der Waals surface area contributed by atoms with Gasteiger partial charge in [-0.3, -0.25) is 4.90 Å². The van der Waals surface area contributed by atoms with Crippen LogP contribution in [0.4, 0.5) is 0 Å². The summed E-state index contributed by atoms with van der Waals surface area (Å²) in [6, 6.07) is 15.7. The van der Waals surface area contributed by atoms with Gasteiger partial charge in [-0.2, -0.15) is 0 Å². The molecule has 2 saturated heterocycles. The van der Waals surface area contributed by atoms with Crippen molar-refractivity contribution in [3.8, 4) is 5.75 Å². The van der Waals surface area contributed by atoms with Crippen LogP contribution in [0, 0.1) is 0 Å². The second-order valence-electron chi connectivity index (χ2n) is 9.12. The van der Waals surface area contributed by atoms with Crippen molar-refractivity contribution in [3.63, 3.8) is 0 Å². The molecule has 160 valence electrons. The van der Waals surface area contributed by atoms with Gasteiger partial charge >= 0.3 is 0 Å². The number of piperidine rings is 1. The summed E-state index contributed by atoms with van der Waals surface area (Å²) in [6.45, 7) is 6.75. The van der Waals surface area contributed by atoms with Crippen LogP contribution in [0.1, 0.15) is 67.2 Å². The minimum absolute atomic E-state index is 0.344. The zero-order valence-corrected chi connectivity index (χ0v) is 18.6. The molecular weight excluding hydrogens is 392 g/mol. The highest BCUT2D eigenvalue weighted by Crippen LogP contribution is 2.46. The van der Waals surface area contributed by atoms with E-state index in [2.05, 4.69) is 40.1 Å². The molecule has 0 aliphatic carbocycles. The molecule has 3 aliphatic rings. The Kier molecular flexibility index (Phi) is 6.31. The highest BCUT2D eigenvalue weighted by atomic mass is 35.5. The van der Waals surface area contributed by atoms with Crippen molar-refractivity contribution < 1.29 is 4.74 Å². The van der Waals surface area contributed by atoms with E-state index in [4.69, 9.17) is 16.3 Å². The summed E-state index contributed by atoms with van der Waals surface area (Å²) in [7, 11) is 0. The van der Waals surface area contributed by atoms with Crippen LogP contribution in [0.25, 0.3) is 0 Å². The minimum atomic E-state index is 0.344. The number of nitrogens with zero attached hydrogens (tertiary/aromatic N) is 2. The molecule has 0 unspecified atom stereocenters. The molecule has 0 aromatic heterocycles. The van der Waals surface area contributed by atoms with Crippen LogP contribution in [0.3, 0.4) is 0 Å². The second-order valence-corrected chi connectivity index (χ2v) is 9.53. The Morgan fingerprint density at radius 1 is 0.900 bits per heavy atom. The predicted molar refractivity (Wildman–Crippen MR) is 124 cm³/mol. The van der Waals surface area contributed by atoms with Crippen LogP contribution >= 0.6 is 11.6 Å². The Morgan fingerprint density at radius 3 is 2.63 bits per heavy atom. The lowest BCUT2D eigenvalue weighted by atomic mass is 9.81. The summed E-state index contributed by atoms with van der Waals surface area (Å²) < 4.78 is 6.21. The zero-order valence-electron chi connectivity index (χ0n) is 17.9. The molecule has 0 spiro atoms. The zero-order chi connectivity index (χ0) is 20.3. The number of hydrogen-bond acceptors (Lipinski definition) is 3. The fourth-order valence-corrected chi connectivity index (χ4v) is 5.93. The maximum absolute atomic E-state index is 6.60. The fraction of sp³-hybridized carbons (Fsp3) is 0.538. The summed E-state index contributed by atoms with van der Waals surface area (Å²) in [6.07, 6.45) is 7.75. The van der Waals surface area contributed by atoms with E-state index in [9.17, 15) is 0 Å². The third-order valence-corrected chi connectivity index (χ3v) is 7.53. The van der Waals surface area contributed by atoms with E-state index in [0.29, 0.717) is 12.0 Å². The van der Waals surface area contributed by atoms with Gasteiger partial charge < -0.3 is 9.64 Å². The van der Waals surface area contributed by atoms with E-state index in [0.717, 1.165) is 36.9 Å². The normalized spacial score (nSPS) is 24.4. The van der Waals surface area contributed by atoms with E-state index < -0.39 is 0 Å². The highest BCUT2D eigenvalue weighted by Gasteiger charge is 2.37. The van der Waals surface area contributed by atoms with Gasteiger partial charge in [0.25, 0.3) is 0 Å². The first kappa shape index (κ1) is 20.4. The van der Waals surface area contributed by atoms with Crippen molar-refractivity contribution in [2.45, 2.75) is 50.5 Å². The predicted octanol–water partition coefficient (Wildman–Crippen LogP) is 5.88. The molecule has 2 aromatic rings. The van der Waals surface area contributed by atoms with Gasteiger partial charge in [-0.25, -0.2) is 0 Å². The van der Waals surface area contributed by atoms with Crippen molar-refractivity contribution >= 4 is 11.6 Å². The molecule has 3 heterocycles. The van der Waals surface area contributed by atoms with Crippen LogP contribution < -0.4 is 4.74 Å². The molecule has 0 saturated carbocycles. The molecule has 0 bridgehead atoms. The third-order valence-electron chi connectivity index (χ3n) is 7.19. The van der Waals surface area contributed by atoms with E-state index in [-0.39, 0.29) is 0 Å². The van der Waals surface area contributed by atoms with Crippen molar-refractivity contribution in [1.29, 1.82) is 0 Å². The molecule has 0 radical (unpaired) electrons. The SMILES string of the molecule is Clc1ccccc1[C@H]1CN2CCC[C@@H]2c2cc(OCCCN3CCCCC3)ccc21. The van der Waals surface area contributed by atoms with Gasteiger partial charge in [-0.15, -0.1) is 0 Å². The number of halogens is 1. The fourth-order valence-electron chi connectivity index (χ4n) is 5.66. The van der Waals surface area contributed by atoms with Gasteiger partial charge in [0.05, 0.1) is 6.61 Å². The number of ether oxygens (including phenoxy) is 1. The maximum atomic E-state index is 6.60. The number of rotatable bonds is 6. The van der Waals surface area contributed by atoms with Crippen molar-refractivity contribution in [2.75, 3.05) is 39.3 Å². The quantitative estimate of drug-likeness (QED) is 0.538. The Balaban J connectivity index is 1.31. The van der Waals surface area contributed by atoms with Crippen molar-refractivity contribution in [2.24, 2.45) is 0 Å². The summed E-state index contributed by atoms with van der Waals surface area (Å²) in [5.74, 6) is 1.37. The summed E-state index contributed by atoms with van der Waals surface area (Å²) >= 11 is 6.60. The summed E-state index contributed by atoms with van der Waals surface area (Å²) in [4.78, 5) is 5.24. The Hall–Kier alpha value is -1.55. The summed E-state index contributed by atoms with van der Waals surface area (Å²) in [5.41, 5.74) is 4.14. The van der Waals surface area contributed by atoms with Gasteiger partial charge in [0, 0.05) is 30.1 Å². The molecule has 5 rings (SSSR count). The third kappa shape index (κ3) is 4.26. The molecule has 4 heteroatoms. The minimum Gasteiger partial charge on any atom is -0.494 e. The average Bonchev–Trinajstić information content (AvgIpc) is 3.26. The standard InChI is InChI=1S/C26H33ClN2O/c27-25-9-3-2-8-22(25)24-19-29-16-6-10-26(29)23-18-20(11-12-21(23)24)30-17-7-15-28-13-4-1-5-14-28/h2-3,8-9,11-12,18,24,26H,1,4-7,10,13-17,19H2/t24-,26+/m0/s1. The topological polar surface area (TPSA) is 15.7 Å². The lowest BCUT2D eigenvalue weighted by molar-refractivity contribution is 0.204. The van der Waals surface area contributed by atoms with E-state index in [1.807, 2.05) is 12.1 Å². The van der Waals surface area contributed by atoms with Gasteiger partial charge in [-0.05, 0) is 86.6 Å². The first-order valence-corrected chi connectivity index (χ1v) is 12.1. The molecule has 2 fully saturated rings. The Labute approximate surface area is 186 Å². The summed E-state index contributed by atoms with van der Waals surface area (Å²) in [5, 5.41) is 0.879. The number of likely N-dealkylation sites (tertiary alicyclic amines) is 1. The highest BCUT2D eigenvalue weighted by molar-refractivity contribution is 6.31. The molecule has 0 N–H and O–H groups in total. The Morgan fingerprint density at radius 2 is 1.77 bits per heavy atom. The molecule has 0 amide bonds. The molecule has 3 aliphatic heterocycles. The number of hydrogen-bond donors (Lipinski definition) is 0. The largest absolute Gasteiger partial charge is 0.494 e. The number of fused-ring (bicyclic) bond motifs is 3. The van der Waals surface area contributed by atoms with Crippen LogP contribution in [-0.4, -0.2) is 49.1 Å². The average molecular weight is 425 g/mol. The lowest BCUT2D eigenvalue weighted by Gasteiger charge is -2.38. The van der Waals surface area contributed by atoms with E-state index >= 15 is 0 Å². The number of benzene rings is 2. The maximum Gasteiger partial charge on any atom is 0.119 e. The molecule has 3 nitrogen and oxygen atoms in total. The second kappa shape index (κ2) is 9.30. The monoisotopic (exact) mass is 424 g/mol. The smallest absolute Gasteiger partial charge is 0.119 e. The van der Waals surface area contributed by atoms with Crippen LogP contribution in [-0.2, 0) is 0 Å². The van der Waals surface area contributed by atoms with Gasteiger partial charge in [0.1, 0.15) is 5.75 Å². The first-order valence-electron chi connectivity index (χ1n) is 11.8. The van der Waals surface area contributed by atoms with Gasteiger partial charge in [0.2, 0.25) is 0 Å².